The number of carbonyl (C=O) groups excluding carboxylic acids is 1. The molecule has 0 saturated heterocycles. The van der Waals surface area contributed by atoms with Gasteiger partial charge in [-0.25, -0.2) is 0 Å². The van der Waals surface area contributed by atoms with Gasteiger partial charge in [-0.05, 0) is 55.7 Å². The first-order chi connectivity index (χ1) is 10.1. The van der Waals surface area contributed by atoms with Crippen LogP contribution in [0.4, 0.5) is 0 Å². The lowest BCUT2D eigenvalue weighted by molar-refractivity contribution is 0.0967. The van der Waals surface area contributed by atoms with Crippen LogP contribution in [0.2, 0.25) is 0 Å². The van der Waals surface area contributed by atoms with E-state index in [4.69, 9.17) is 0 Å². The minimum absolute atomic E-state index is 0.110. The predicted molar refractivity (Wildman–Crippen MR) is 88.1 cm³/mol. The zero-order chi connectivity index (χ0) is 15.2. The van der Waals surface area contributed by atoms with Gasteiger partial charge in [-0.2, -0.15) is 0 Å². The smallest absolute Gasteiger partial charge is 0.255 e. The van der Waals surface area contributed by atoms with Gasteiger partial charge in [0.15, 0.2) is 0 Å². The first-order valence-corrected chi connectivity index (χ1v) is 7.25. The topological polar surface area (TPSA) is 41.1 Å². The third kappa shape index (κ3) is 3.92. The van der Waals surface area contributed by atoms with Gasteiger partial charge in [-0.15, -0.1) is 0 Å². The van der Waals surface area contributed by atoms with Crippen molar-refractivity contribution >= 4 is 11.5 Å². The van der Waals surface area contributed by atoms with Crippen LogP contribution in [0.25, 0.3) is 5.57 Å². The zero-order valence-corrected chi connectivity index (χ0v) is 12.7. The molecule has 1 aromatic rings. The molecule has 1 heterocycles. The highest BCUT2D eigenvalue weighted by Crippen LogP contribution is 2.22. The molecule has 0 bridgehead atoms. The van der Waals surface area contributed by atoms with Crippen LogP contribution in [0.5, 0.6) is 0 Å². The van der Waals surface area contributed by atoms with Gasteiger partial charge in [0.2, 0.25) is 0 Å². The molecule has 1 amide bonds. The van der Waals surface area contributed by atoms with Gasteiger partial charge in [0.25, 0.3) is 5.91 Å². The number of amides is 1. The minimum Gasteiger partial charge on any atom is -0.323 e. The maximum Gasteiger partial charge on any atom is 0.255 e. The van der Waals surface area contributed by atoms with E-state index < -0.39 is 0 Å². The Morgan fingerprint density at radius 2 is 2.24 bits per heavy atom. The molecule has 3 heteroatoms. The Morgan fingerprint density at radius 1 is 1.43 bits per heavy atom. The normalized spacial score (nSPS) is 14.9. The number of allylic oxidation sites excluding steroid dienone is 2. The van der Waals surface area contributed by atoms with Gasteiger partial charge in [-0.3, -0.25) is 4.79 Å². The molecule has 3 nitrogen and oxygen atoms in total. The number of aryl methyl sites for hydroxylation is 1. The molecule has 0 aromatic heterocycles. The zero-order valence-electron chi connectivity index (χ0n) is 12.7. The second-order valence-corrected chi connectivity index (χ2v) is 5.19. The lowest BCUT2D eigenvalue weighted by Crippen LogP contribution is -2.22. The number of carbonyl (C=O) groups is 1. The summed E-state index contributed by atoms with van der Waals surface area (Å²) in [7, 11) is 0. The Balaban J connectivity index is 2.17. The van der Waals surface area contributed by atoms with E-state index in [1.165, 1.54) is 11.1 Å². The van der Waals surface area contributed by atoms with Crippen LogP contribution < -0.4 is 10.6 Å². The maximum atomic E-state index is 12.2. The fraction of sp³-hybridized carbons (Fsp3) is 0.278. The summed E-state index contributed by atoms with van der Waals surface area (Å²) in [4.78, 5) is 12.2. The van der Waals surface area contributed by atoms with Crippen molar-refractivity contribution in [1.82, 2.24) is 10.6 Å². The van der Waals surface area contributed by atoms with Crippen molar-refractivity contribution in [2.45, 2.75) is 20.3 Å². The van der Waals surface area contributed by atoms with Gasteiger partial charge in [-0.1, -0.05) is 30.9 Å². The Morgan fingerprint density at radius 3 is 2.86 bits per heavy atom. The van der Waals surface area contributed by atoms with Gasteiger partial charge >= 0.3 is 0 Å². The second kappa shape index (κ2) is 7.04. The van der Waals surface area contributed by atoms with Crippen molar-refractivity contribution in [2.75, 3.05) is 13.1 Å². The summed E-state index contributed by atoms with van der Waals surface area (Å²) >= 11 is 0. The van der Waals surface area contributed by atoms with Crippen LogP contribution >= 0.6 is 0 Å². The Hall–Kier alpha value is -2.13. The first-order valence-electron chi connectivity index (χ1n) is 7.25. The van der Waals surface area contributed by atoms with E-state index in [1.54, 1.807) is 6.08 Å². The van der Waals surface area contributed by atoms with Crippen molar-refractivity contribution in [3.8, 4) is 0 Å². The van der Waals surface area contributed by atoms with Crippen LogP contribution in [0, 0.1) is 6.92 Å². The maximum absolute atomic E-state index is 12.2. The van der Waals surface area contributed by atoms with E-state index in [1.807, 2.05) is 32.1 Å². The molecule has 0 spiro atoms. The van der Waals surface area contributed by atoms with Crippen LogP contribution in [-0.4, -0.2) is 19.0 Å². The van der Waals surface area contributed by atoms with Crippen molar-refractivity contribution in [2.24, 2.45) is 0 Å². The lowest BCUT2D eigenvalue weighted by atomic mass is 9.96. The molecule has 1 aliphatic rings. The third-order valence-electron chi connectivity index (χ3n) is 3.55. The average Bonchev–Trinajstić information content (AvgIpc) is 2.48. The SMILES string of the molecule is C=C(/C=C\C)NC(=O)c1ccc(C2=CCNCC2)cc1C. The fourth-order valence-electron chi connectivity index (χ4n) is 2.46. The fourth-order valence-corrected chi connectivity index (χ4v) is 2.46. The van der Waals surface area contributed by atoms with E-state index in [0.29, 0.717) is 11.3 Å². The lowest BCUT2D eigenvalue weighted by Gasteiger charge is -2.16. The van der Waals surface area contributed by atoms with E-state index in [2.05, 4.69) is 29.4 Å². The average molecular weight is 282 g/mol. The van der Waals surface area contributed by atoms with E-state index in [-0.39, 0.29) is 5.91 Å². The summed E-state index contributed by atoms with van der Waals surface area (Å²) in [6, 6.07) is 6.01. The van der Waals surface area contributed by atoms with Crippen LogP contribution in [-0.2, 0) is 0 Å². The molecule has 0 unspecified atom stereocenters. The van der Waals surface area contributed by atoms with Crippen molar-refractivity contribution < 1.29 is 4.79 Å². The van der Waals surface area contributed by atoms with Crippen molar-refractivity contribution in [3.63, 3.8) is 0 Å². The van der Waals surface area contributed by atoms with E-state index in [0.717, 1.165) is 25.1 Å². The summed E-state index contributed by atoms with van der Waals surface area (Å²) in [5.41, 5.74) is 4.84. The number of benzene rings is 1. The van der Waals surface area contributed by atoms with Crippen molar-refractivity contribution in [3.05, 3.63) is 65.4 Å². The summed E-state index contributed by atoms with van der Waals surface area (Å²) in [5.74, 6) is -0.110. The number of rotatable bonds is 4. The molecule has 2 rings (SSSR count). The summed E-state index contributed by atoms with van der Waals surface area (Å²) in [6.45, 7) is 9.59. The molecule has 0 saturated carbocycles. The molecule has 0 radical (unpaired) electrons. The Bertz CT molecular complexity index is 612. The van der Waals surface area contributed by atoms with Crippen LogP contribution in [0.15, 0.2) is 48.7 Å². The summed E-state index contributed by atoms with van der Waals surface area (Å²) < 4.78 is 0. The van der Waals surface area contributed by atoms with Crippen LogP contribution in [0.3, 0.4) is 0 Å². The third-order valence-corrected chi connectivity index (χ3v) is 3.55. The summed E-state index contributed by atoms with van der Waals surface area (Å²) in [6.07, 6.45) is 6.87. The highest BCUT2D eigenvalue weighted by atomic mass is 16.1. The highest BCUT2D eigenvalue weighted by Gasteiger charge is 2.12. The number of hydrogen-bond donors (Lipinski definition) is 2. The van der Waals surface area contributed by atoms with Gasteiger partial charge in [0.1, 0.15) is 0 Å². The molecule has 2 N–H and O–H groups in total. The van der Waals surface area contributed by atoms with Gasteiger partial charge in [0.05, 0.1) is 0 Å². The standard InChI is InChI=1S/C18H22N2O/c1-4-5-14(3)20-18(21)17-7-6-16(12-13(17)2)15-8-10-19-11-9-15/h4-8,12,19H,3,9-11H2,1-2H3,(H,20,21)/b5-4-. The van der Waals surface area contributed by atoms with Crippen LogP contribution in [0.1, 0.15) is 34.8 Å². The van der Waals surface area contributed by atoms with Gasteiger partial charge in [0, 0.05) is 17.8 Å². The van der Waals surface area contributed by atoms with Gasteiger partial charge < -0.3 is 10.6 Å². The molecule has 1 aliphatic heterocycles. The summed E-state index contributed by atoms with van der Waals surface area (Å²) in [5, 5.41) is 6.10. The number of nitrogens with one attached hydrogen (secondary N) is 2. The largest absolute Gasteiger partial charge is 0.323 e. The predicted octanol–water partition coefficient (Wildman–Crippen LogP) is 3.19. The monoisotopic (exact) mass is 282 g/mol. The molecular formula is C18H22N2O. The molecule has 0 aliphatic carbocycles. The van der Waals surface area contributed by atoms with E-state index >= 15 is 0 Å². The van der Waals surface area contributed by atoms with Crippen molar-refractivity contribution in [1.29, 1.82) is 0 Å². The molecule has 0 atom stereocenters. The molecule has 21 heavy (non-hydrogen) atoms. The Kier molecular flexibility index (Phi) is 5.12. The second-order valence-electron chi connectivity index (χ2n) is 5.19. The quantitative estimate of drug-likeness (QED) is 0.833. The Labute approximate surface area is 126 Å². The highest BCUT2D eigenvalue weighted by molar-refractivity contribution is 5.97. The minimum atomic E-state index is -0.110. The molecule has 110 valence electrons. The van der Waals surface area contributed by atoms with E-state index in [9.17, 15) is 4.79 Å². The number of hydrogen-bond acceptors (Lipinski definition) is 2. The molecular weight excluding hydrogens is 260 g/mol. The first kappa shape index (κ1) is 15.3. The molecule has 0 fully saturated rings. The molecule has 1 aromatic carbocycles.